The molecule has 0 saturated carbocycles. The maximum atomic E-state index is 10.9. The molecule has 0 aliphatic carbocycles. The zero-order valence-corrected chi connectivity index (χ0v) is 7.70. The highest BCUT2D eigenvalue weighted by Gasteiger charge is 2.03. The number of nitrogen functional groups attached to an aromatic ring is 1. The molecule has 0 aliphatic heterocycles. The number of pyridine rings is 1. The third-order valence-electron chi connectivity index (χ3n) is 1.46. The van der Waals surface area contributed by atoms with Gasteiger partial charge in [-0.2, -0.15) is 0 Å². The zero-order valence-electron chi connectivity index (χ0n) is 7.70. The number of ether oxygens (including phenoxy) is 1. The first-order chi connectivity index (χ1) is 6.67. The second-order valence-corrected chi connectivity index (χ2v) is 2.44. The molecule has 1 aromatic heterocycles. The number of carbonyl (C=O) groups is 1. The van der Waals surface area contributed by atoms with Crippen LogP contribution >= 0.6 is 0 Å². The standard InChI is InChI=1S/C9H10N3O2/c1-3-8(13)12-6-4-7(10)9(14-2)11-5-6/h3-4H,1,10H2,2H3,(H,12,13). The highest BCUT2D eigenvalue weighted by Crippen LogP contribution is 2.20. The molecule has 0 bridgehead atoms. The van der Waals surface area contributed by atoms with E-state index in [9.17, 15) is 4.79 Å². The molecule has 1 rings (SSSR count). The SMILES string of the molecule is C=CC(=O)Nc1[c]nc(OC)c(N)c1. The van der Waals surface area contributed by atoms with Gasteiger partial charge in [0.2, 0.25) is 11.8 Å². The summed E-state index contributed by atoms with van der Waals surface area (Å²) in [7, 11) is 1.45. The van der Waals surface area contributed by atoms with E-state index in [0.29, 0.717) is 11.4 Å². The van der Waals surface area contributed by atoms with Crippen molar-refractivity contribution in [1.82, 2.24) is 4.98 Å². The average molecular weight is 192 g/mol. The number of nitrogens with one attached hydrogen (secondary N) is 1. The van der Waals surface area contributed by atoms with E-state index in [0.717, 1.165) is 6.08 Å². The van der Waals surface area contributed by atoms with Gasteiger partial charge < -0.3 is 15.8 Å². The Kier molecular flexibility index (Phi) is 3.06. The Balaban J connectivity index is 2.86. The zero-order chi connectivity index (χ0) is 10.6. The van der Waals surface area contributed by atoms with Crippen LogP contribution in [0.1, 0.15) is 0 Å². The fraction of sp³-hybridized carbons (Fsp3) is 0.111. The number of nitrogens with zero attached hydrogens (tertiary/aromatic N) is 1. The smallest absolute Gasteiger partial charge is 0.247 e. The highest BCUT2D eigenvalue weighted by molar-refractivity contribution is 5.98. The van der Waals surface area contributed by atoms with Crippen LogP contribution in [0.5, 0.6) is 5.88 Å². The monoisotopic (exact) mass is 192 g/mol. The van der Waals surface area contributed by atoms with Gasteiger partial charge in [-0.1, -0.05) is 6.58 Å². The molecule has 1 heterocycles. The van der Waals surface area contributed by atoms with Crippen molar-refractivity contribution in [2.24, 2.45) is 0 Å². The summed E-state index contributed by atoms with van der Waals surface area (Å²) in [5.41, 5.74) is 6.29. The van der Waals surface area contributed by atoms with Gasteiger partial charge >= 0.3 is 0 Å². The Morgan fingerprint density at radius 2 is 2.57 bits per heavy atom. The second kappa shape index (κ2) is 4.27. The fourth-order valence-electron chi connectivity index (χ4n) is 0.836. The summed E-state index contributed by atoms with van der Waals surface area (Å²) in [6, 6.07) is 1.51. The lowest BCUT2D eigenvalue weighted by Crippen LogP contribution is -2.08. The van der Waals surface area contributed by atoms with E-state index in [2.05, 4.69) is 23.1 Å². The lowest BCUT2D eigenvalue weighted by atomic mass is 10.3. The van der Waals surface area contributed by atoms with E-state index < -0.39 is 0 Å². The van der Waals surface area contributed by atoms with E-state index in [1.807, 2.05) is 0 Å². The fourth-order valence-corrected chi connectivity index (χ4v) is 0.836. The van der Waals surface area contributed by atoms with E-state index in [4.69, 9.17) is 10.5 Å². The van der Waals surface area contributed by atoms with E-state index in [1.54, 1.807) is 0 Å². The summed E-state index contributed by atoms with van der Waals surface area (Å²) in [5.74, 6) is -0.0609. The molecule has 1 radical (unpaired) electrons. The van der Waals surface area contributed by atoms with Crippen molar-refractivity contribution in [3.63, 3.8) is 0 Å². The molecule has 0 atom stereocenters. The number of carbonyl (C=O) groups excluding carboxylic acids is 1. The van der Waals surface area contributed by atoms with Gasteiger partial charge in [0.05, 0.1) is 18.5 Å². The van der Waals surface area contributed by atoms with E-state index >= 15 is 0 Å². The van der Waals surface area contributed by atoms with Crippen molar-refractivity contribution in [2.75, 3.05) is 18.2 Å². The van der Waals surface area contributed by atoms with E-state index in [1.165, 1.54) is 13.2 Å². The van der Waals surface area contributed by atoms with Crippen LogP contribution < -0.4 is 15.8 Å². The van der Waals surface area contributed by atoms with Crippen molar-refractivity contribution in [3.05, 3.63) is 24.9 Å². The molecule has 0 saturated heterocycles. The molecule has 0 unspecified atom stereocenters. The third-order valence-corrected chi connectivity index (χ3v) is 1.46. The number of nitrogens with two attached hydrogens (primary N) is 1. The molecule has 73 valence electrons. The molecule has 5 nitrogen and oxygen atoms in total. The van der Waals surface area contributed by atoms with Crippen LogP contribution in [-0.4, -0.2) is 18.0 Å². The van der Waals surface area contributed by atoms with Crippen LogP contribution in [0.4, 0.5) is 11.4 Å². The first kappa shape index (κ1) is 10.0. The quantitative estimate of drug-likeness (QED) is 0.687. The summed E-state index contributed by atoms with van der Waals surface area (Å²) in [4.78, 5) is 14.7. The molecular formula is C9H10N3O2. The van der Waals surface area contributed by atoms with Crippen LogP contribution in [-0.2, 0) is 4.79 Å². The number of methoxy groups -OCH3 is 1. The lowest BCUT2D eigenvalue weighted by Gasteiger charge is -2.05. The van der Waals surface area contributed by atoms with Crippen molar-refractivity contribution in [3.8, 4) is 5.88 Å². The lowest BCUT2D eigenvalue weighted by molar-refractivity contribution is -0.111. The molecule has 0 spiro atoms. The maximum Gasteiger partial charge on any atom is 0.247 e. The molecule has 0 fully saturated rings. The van der Waals surface area contributed by atoms with Gasteiger partial charge in [0.1, 0.15) is 6.20 Å². The number of rotatable bonds is 3. The Morgan fingerprint density at radius 3 is 3.07 bits per heavy atom. The average Bonchev–Trinajstić information content (AvgIpc) is 2.18. The van der Waals surface area contributed by atoms with Crippen LogP contribution in [0, 0.1) is 6.20 Å². The van der Waals surface area contributed by atoms with Crippen molar-refractivity contribution in [1.29, 1.82) is 0 Å². The van der Waals surface area contributed by atoms with Gasteiger partial charge in [-0.15, -0.1) is 0 Å². The Morgan fingerprint density at radius 1 is 1.86 bits per heavy atom. The Labute approximate surface area is 81.6 Å². The van der Waals surface area contributed by atoms with Gasteiger partial charge in [0, 0.05) is 0 Å². The molecular weight excluding hydrogens is 182 g/mol. The number of anilines is 2. The molecule has 0 aromatic carbocycles. The second-order valence-electron chi connectivity index (χ2n) is 2.44. The van der Waals surface area contributed by atoms with Gasteiger partial charge in [0.15, 0.2) is 0 Å². The number of amides is 1. The van der Waals surface area contributed by atoms with Crippen molar-refractivity contribution < 1.29 is 9.53 Å². The number of hydrogen-bond donors (Lipinski definition) is 2. The minimum atomic E-state index is -0.340. The van der Waals surface area contributed by atoms with Gasteiger partial charge in [-0.05, 0) is 12.1 Å². The largest absolute Gasteiger partial charge is 0.480 e. The van der Waals surface area contributed by atoms with Gasteiger partial charge in [0.25, 0.3) is 0 Å². The molecule has 3 N–H and O–H groups in total. The summed E-state index contributed by atoms with van der Waals surface area (Å²) in [6.45, 7) is 3.31. The first-order valence-electron chi connectivity index (χ1n) is 3.83. The van der Waals surface area contributed by atoms with Gasteiger partial charge in [-0.25, -0.2) is 4.98 Å². The topological polar surface area (TPSA) is 77.2 Å². The van der Waals surface area contributed by atoms with Crippen LogP contribution in [0.25, 0.3) is 0 Å². The third kappa shape index (κ3) is 2.22. The predicted octanol–water partition coefficient (Wildman–Crippen LogP) is 0.597. The minimum Gasteiger partial charge on any atom is -0.480 e. The highest BCUT2D eigenvalue weighted by atomic mass is 16.5. The summed E-state index contributed by atoms with van der Waals surface area (Å²) in [5, 5.41) is 2.47. The number of hydrogen-bond acceptors (Lipinski definition) is 4. The van der Waals surface area contributed by atoms with Gasteiger partial charge in [-0.3, -0.25) is 4.79 Å². The summed E-state index contributed by atoms with van der Waals surface area (Å²) in [6.07, 6.45) is 3.71. The molecule has 5 heteroatoms. The van der Waals surface area contributed by atoms with Crippen molar-refractivity contribution in [2.45, 2.75) is 0 Å². The Bertz CT molecular complexity index is 363. The first-order valence-corrected chi connectivity index (χ1v) is 3.83. The van der Waals surface area contributed by atoms with E-state index in [-0.39, 0.29) is 11.8 Å². The minimum absolute atomic E-state index is 0.279. The predicted molar refractivity (Wildman–Crippen MR) is 52.9 cm³/mol. The molecule has 1 amide bonds. The Hall–Kier alpha value is -2.04. The number of aromatic nitrogens is 1. The van der Waals surface area contributed by atoms with Crippen LogP contribution in [0.3, 0.4) is 0 Å². The molecule has 0 aliphatic rings. The van der Waals surface area contributed by atoms with Crippen LogP contribution in [0.2, 0.25) is 0 Å². The van der Waals surface area contributed by atoms with Crippen molar-refractivity contribution >= 4 is 17.3 Å². The molecule has 1 aromatic rings. The molecule has 14 heavy (non-hydrogen) atoms. The maximum absolute atomic E-state index is 10.9. The normalized spacial score (nSPS) is 9.21. The summed E-state index contributed by atoms with van der Waals surface area (Å²) >= 11 is 0. The van der Waals surface area contributed by atoms with Crippen LogP contribution in [0.15, 0.2) is 18.7 Å². The summed E-state index contributed by atoms with van der Waals surface area (Å²) < 4.78 is 4.83.